The number of aromatic nitrogens is 2. The number of methoxy groups -OCH3 is 1. The van der Waals surface area contributed by atoms with E-state index >= 15 is 0 Å². The van der Waals surface area contributed by atoms with Gasteiger partial charge in [0, 0.05) is 12.0 Å². The lowest BCUT2D eigenvalue weighted by Crippen LogP contribution is -2.13. The number of ether oxygens (including phenoxy) is 1. The van der Waals surface area contributed by atoms with E-state index in [1.807, 2.05) is 19.1 Å². The Morgan fingerprint density at radius 1 is 1.48 bits per heavy atom. The fourth-order valence-corrected chi connectivity index (χ4v) is 2.29. The van der Waals surface area contributed by atoms with E-state index in [-0.39, 0.29) is 5.91 Å². The van der Waals surface area contributed by atoms with Gasteiger partial charge in [-0.25, -0.2) is 0 Å². The summed E-state index contributed by atoms with van der Waals surface area (Å²) in [4.78, 5) is 11.9. The number of H-pyrrole nitrogens is 1. The maximum absolute atomic E-state index is 11.9. The smallest absolute Gasteiger partial charge is 0.225 e. The van der Waals surface area contributed by atoms with E-state index < -0.39 is 0 Å². The SMILES string of the molecule is CCc1cn[nH]c1NC(=O)CCc1ccc(OC)c(Cl)c1. The fraction of sp³-hybridized carbons (Fsp3) is 0.333. The highest BCUT2D eigenvalue weighted by Crippen LogP contribution is 2.25. The molecule has 1 aromatic heterocycles. The minimum Gasteiger partial charge on any atom is -0.495 e. The number of nitrogens with zero attached hydrogens (tertiary/aromatic N) is 1. The van der Waals surface area contributed by atoms with Crippen molar-refractivity contribution in [3.05, 3.63) is 40.5 Å². The van der Waals surface area contributed by atoms with Crippen LogP contribution in [0.25, 0.3) is 0 Å². The van der Waals surface area contributed by atoms with Crippen LogP contribution < -0.4 is 10.1 Å². The number of amides is 1. The van der Waals surface area contributed by atoms with Crippen LogP contribution in [-0.4, -0.2) is 23.2 Å². The van der Waals surface area contributed by atoms with Crippen LogP contribution in [0.5, 0.6) is 5.75 Å². The van der Waals surface area contributed by atoms with E-state index in [2.05, 4.69) is 15.5 Å². The lowest BCUT2D eigenvalue weighted by molar-refractivity contribution is -0.116. The lowest BCUT2D eigenvalue weighted by atomic mass is 10.1. The van der Waals surface area contributed by atoms with Crippen molar-refractivity contribution in [3.63, 3.8) is 0 Å². The Kier molecular flexibility index (Phi) is 5.22. The van der Waals surface area contributed by atoms with Crippen molar-refractivity contribution in [2.75, 3.05) is 12.4 Å². The molecule has 6 heteroatoms. The van der Waals surface area contributed by atoms with Gasteiger partial charge in [0.1, 0.15) is 11.6 Å². The zero-order valence-corrected chi connectivity index (χ0v) is 12.8. The number of rotatable bonds is 6. The van der Waals surface area contributed by atoms with Crippen molar-refractivity contribution in [3.8, 4) is 5.75 Å². The molecule has 0 spiro atoms. The lowest BCUT2D eigenvalue weighted by Gasteiger charge is -2.07. The maximum atomic E-state index is 11.9. The summed E-state index contributed by atoms with van der Waals surface area (Å²) in [5.41, 5.74) is 1.99. The van der Waals surface area contributed by atoms with Gasteiger partial charge in [-0.1, -0.05) is 24.6 Å². The Labute approximate surface area is 128 Å². The summed E-state index contributed by atoms with van der Waals surface area (Å²) in [7, 11) is 1.57. The second kappa shape index (κ2) is 7.13. The van der Waals surface area contributed by atoms with E-state index in [9.17, 15) is 4.79 Å². The van der Waals surface area contributed by atoms with Crippen LogP contribution in [0, 0.1) is 0 Å². The number of anilines is 1. The van der Waals surface area contributed by atoms with E-state index in [0.29, 0.717) is 29.4 Å². The molecule has 0 radical (unpaired) electrons. The topological polar surface area (TPSA) is 67.0 Å². The molecule has 0 saturated carbocycles. The number of carbonyl (C=O) groups excluding carboxylic acids is 1. The van der Waals surface area contributed by atoms with E-state index in [0.717, 1.165) is 17.5 Å². The number of aryl methyl sites for hydroxylation is 2. The van der Waals surface area contributed by atoms with Crippen LogP contribution in [-0.2, 0) is 17.6 Å². The third kappa shape index (κ3) is 3.98. The molecular weight excluding hydrogens is 290 g/mol. The predicted octanol–water partition coefficient (Wildman–Crippen LogP) is 3.21. The second-order valence-corrected chi connectivity index (χ2v) is 5.05. The van der Waals surface area contributed by atoms with Gasteiger partial charge in [-0.3, -0.25) is 9.89 Å². The summed E-state index contributed by atoms with van der Waals surface area (Å²) in [6.07, 6.45) is 3.54. The number of nitrogens with one attached hydrogen (secondary N) is 2. The fourth-order valence-electron chi connectivity index (χ4n) is 2.01. The van der Waals surface area contributed by atoms with Crippen molar-refractivity contribution in [2.24, 2.45) is 0 Å². The largest absolute Gasteiger partial charge is 0.495 e. The van der Waals surface area contributed by atoms with E-state index in [4.69, 9.17) is 16.3 Å². The summed E-state index contributed by atoms with van der Waals surface area (Å²) in [6.45, 7) is 2.01. The number of benzene rings is 1. The van der Waals surface area contributed by atoms with Crippen molar-refractivity contribution < 1.29 is 9.53 Å². The highest BCUT2D eigenvalue weighted by Gasteiger charge is 2.09. The van der Waals surface area contributed by atoms with Crippen LogP contribution in [0.2, 0.25) is 5.02 Å². The molecule has 2 rings (SSSR count). The molecule has 0 bridgehead atoms. The molecule has 2 N–H and O–H groups in total. The number of carbonyl (C=O) groups is 1. The van der Waals surface area contributed by atoms with Gasteiger partial charge >= 0.3 is 0 Å². The first-order chi connectivity index (χ1) is 10.1. The standard InChI is InChI=1S/C15H18ClN3O2/c1-3-11-9-17-19-15(11)18-14(20)7-5-10-4-6-13(21-2)12(16)8-10/h4,6,8-9H,3,5,7H2,1-2H3,(H2,17,18,19,20). The van der Waals surface area contributed by atoms with E-state index in [1.54, 1.807) is 19.4 Å². The molecule has 112 valence electrons. The molecule has 21 heavy (non-hydrogen) atoms. The third-order valence-electron chi connectivity index (χ3n) is 3.22. The molecule has 0 atom stereocenters. The molecule has 1 heterocycles. The molecule has 0 aliphatic carbocycles. The summed E-state index contributed by atoms with van der Waals surface area (Å²) in [5, 5.41) is 10.1. The van der Waals surface area contributed by atoms with E-state index in [1.165, 1.54) is 0 Å². The minimum absolute atomic E-state index is 0.0547. The quantitative estimate of drug-likeness (QED) is 0.861. The first-order valence-electron chi connectivity index (χ1n) is 6.78. The third-order valence-corrected chi connectivity index (χ3v) is 3.52. The Morgan fingerprint density at radius 3 is 2.95 bits per heavy atom. The first-order valence-corrected chi connectivity index (χ1v) is 7.16. The Bertz CT molecular complexity index is 625. The summed E-state index contributed by atoms with van der Waals surface area (Å²) in [5.74, 6) is 1.26. The molecule has 0 unspecified atom stereocenters. The zero-order chi connectivity index (χ0) is 15.2. The van der Waals surface area contributed by atoms with Crippen molar-refractivity contribution in [1.82, 2.24) is 10.2 Å². The van der Waals surface area contributed by atoms with Gasteiger partial charge < -0.3 is 10.1 Å². The van der Waals surface area contributed by atoms with Crippen LogP contribution in [0.4, 0.5) is 5.82 Å². The Morgan fingerprint density at radius 2 is 2.29 bits per heavy atom. The number of aromatic amines is 1. The van der Waals surface area contributed by atoms with Crippen LogP contribution in [0.15, 0.2) is 24.4 Å². The average molecular weight is 308 g/mol. The summed E-state index contributed by atoms with van der Waals surface area (Å²) >= 11 is 6.06. The number of hydrogen-bond donors (Lipinski definition) is 2. The van der Waals surface area contributed by atoms with Crippen LogP contribution >= 0.6 is 11.6 Å². The average Bonchev–Trinajstić information content (AvgIpc) is 2.92. The zero-order valence-electron chi connectivity index (χ0n) is 12.1. The molecule has 5 nitrogen and oxygen atoms in total. The summed E-state index contributed by atoms with van der Waals surface area (Å²) < 4.78 is 5.10. The maximum Gasteiger partial charge on any atom is 0.225 e. The predicted molar refractivity (Wildman–Crippen MR) is 82.9 cm³/mol. The first kappa shape index (κ1) is 15.4. The number of halogens is 1. The summed E-state index contributed by atoms with van der Waals surface area (Å²) in [6, 6.07) is 5.53. The second-order valence-electron chi connectivity index (χ2n) is 4.64. The molecule has 0 aliphatic heterocycles. The molecule has 1 amide bonds. The van der Waals surface area contributed by atoms with Gasteiger partial charge in [0.25, 0.3) is 0 Å². The monoisotopic (exact) mass is 307 g/mol. The molecule has 1 aromatic carbocycles. The van der Waals surface area contributed by atoms with Crippen LogP contribution in [0.1, 0.15) is 24.5 Å². The minimum atomic E-state index is -0.0547. The highest BCUT2D eigenvalue weighted by molar-refractivity contribution is 6.32. The molecule has 0 aliphatic rings. The van der Waals surface area contributed by atoms with Gasteiger partial charge in [-0.2, -0.15) is 5.10 Å². The van der Waals surface area contributed by atoms with Gasteiger partial charge in [0.05, 0.1) is 18.3 Å². The van der Waals surface area contributed by atoms with Gasteiger partial charge in [0.2, 0.25) is 5.91 Å². The Balaban J connectivity index is 1.91. The number of hydrogen-bond acceptors (Lipinski definition) is 3. The molecular formula is C15H18ClN3O2. The Hall–Kier alpha value is -2.01. The van der Waals surface area contributed by atoms with Crippen LogP contribution in [0.3, 0.4) is 0 Å². The molecule has 0 saturated heterocycles. The molecule has 2 aromatic rings. The van der Waals surface area contributed by atoms with Gasteiger partial charge in [0.15, 0.2) is 0 Å². The van der Waals surface area contributed by atoms with Gasteiger partial charge in [-0.05, 0) is 30.5 Å². The van der Waals surface area contributed by atoms with Crippen molar-refractivity contribution >= 4 is 23.3 Å². The highest BCUT2D eigenvalue weighted by atomic mass is 35.5. The van der Waals surface area contributed by atoms with Crippen molar-refractivity contribution in [1.29, 1.82) is 0 Å². The van der Waals surface area contributed by atoms with Gasteiger partial charge in [-0.15, -0.1) is 0 Å². The molecule has 0 fully saturated rings. The normalized spacial score (nSPS) is 10.4. The van der Waals surface area contributed by atoms with Crippen molar-refractivity contribution in [2.45, 2.75) is 26.2 Å².